The number of rotatable bonds is 4. The van der Waals surface area contributed by atoms with Gasteiger partial charge >= 0.3 is 6.18 Å². The average Bonchev–Trinajstić information content (AvgIpc) is 2.59. The van der Waals surface area contributed by atoms with Crippen molar-refractivity contribution in [3.8, 4) is 0 Å². The van der Waals surface area contributed by atoms with Gasteiger partial charge in [0.15, 0.2) is 0 Å². The number of halogens is 3. The lowest BCUT2D eigenvalue weighted by Crippen LogP contribution is -2.31. The van der Waals surface area contributed by atoms with E-state index in [1.54, 1.807) is 30.3 Å². The van der Waals surface area contributed by atoms with Crippen LogP contribution < -0.4 is 5.32 Å². The summed E-state index contributed by atoms with van der Waals surface area (Å²) in [4.78, 5) is 24.2. The summed E-state index contributed by atoms with van der Waals surface area (Å²) < 4.78 is 38.0. The molecule has 2 amide bonds. The summed E-state index contributed by atoms with van der Waals surface area (Å²) in [6.45, 7) is 4.93. The molecule has 0 aromatic heterocycles. The van der Waals surface area contributed by atoms with Gasteiger partial charge in [-0.2, -0.15) is 13.2 Å². The third kappa shape index (κ3) is 4.92. The van der Waals surface area contributed by atoms with Crippen LogP contribution in [-0.2, 0) is 15.8 Å². The molecule has 0 atom stereocenters. The van der Waals surface area contributed by atoms with Gasteiger partial charge in [0, 0.05) is 11.1 Å². The number of alkyl halides is 3. The topological polar surface area (TPSA) is 46.2 Å². The van der Waals surface area contributed by atoms with Crippen LogP contribution >= 0.6 is 0 Å². The average molecular weight is 359 g/mol. The molecular weight excluding hydrogens is 343 g/mol. The highest BCUT2D eigenvalue weighted by atomic mass is 19.4. The molecular formula is C20H16F3NO2. The van der Waals surface area contributed by atoms with Gasteiger partial charge in [0.25, 0.3) is 11.8 Å². The van der Waals surface area contributed by atoms with Crippen LogP contribution in [0.3, 0.4) is 0 Å². The Hall–Kier alpha value is -3.15. The molecule has 6 heteroatoms. The minimum absolute atomic E-state index is 0.153. The number of imide groups is 1. The summed E-state index contributed by atoms with van der Waals surface area (Å²) >= 11 is 0. The predicted octanol–water partition coefficient (Wildman–Crippen LogP) is 4.46. The third-order valence-electron chi connectivity index (χ3n) is 3.49. The Morgan fingerprint density at radius 2 is 1.54 bits per heavy atom. The van der Waals surface area contributed by atoms with E-state index in [1.165, 1.54) is 25.1 Å². The molecule has 0 saturated carbocycles. The van der Waals surface area contributed by atoms with Crippen molar-refractivity contribution in [2.75, 3.05) is 0 Å². The molecule has 0 aliphatic heterocycles. The summed E-state index contributed by atoms with van der Waals surface area (Å²) in [7, 11) is 0. The smallest absolute Gasteiger partial charge is 0.288 e. The molecule has 1 N–H and O–H groups in total. The molecule has 2 aromatic rings. The number of benzene rings is 2. The Morgan fingerprint density at radius 1 is 0.962 bits per heavy atom. The number of hydrogen-bond acceptors (Lipinski definition) is 2. The molecule has 0 aliphatic carbocycles. The Kier molecular flexibility index (Phi) is 5.77. The minimum Gasteiger partial charge on any atom is -0.288 e. The highest BCUT2D eigenvalue weighted by Gasteiger charge is 2.29. The second kappa shape index (κ2) is 7.82. The number of nitrogens with one attached hydrogen (secondary N) is 1. The lowest BCUT2D eigenvalue weighted by molar-refractivity contribution is -0.137. The van der Waals surface area contributed by atoms with E-state index in [0.29, 0.717) is 11.1 Å². The van der Waals surface area contributed by atoms with E-state index in [0.717, 1.165) is 12.1 Å². The van der Waals surface area contributed by atoms with Crippen LogP contribution in [0.4, 0.5) is 13.2 Å². The second-order valence-electron chi connectivity index (χ2n) is 5.61. The standard InChI is InChI=1S/C20H16F3NO2/c1-13(2)18(25)24-19(26)17(15-6-4-3-5-7-15)12-14-8-10-16(11-9-14)20(21,22)23/h3-12H,1H2,2H3,(H,24,25,26)/b17-12+. The predicted molar refractivity (Wildman–Crippen MR) is 93.7 cm³/mol. The van der Waals surface area contributed by atoms with Crippen molar-refractivity contribution in [1.82, 2.24) is 5.32 Å². The first-order chi connectivity index (χ1) is 12.2. The highest BCUT2D eigenvalue weighted by Crippen LogP contribution is 2.29. The van der Waals surface area contributed by atoms with Crippen LogP contribution in [0, 0.1) is 0 Å². The van der Waals surface area contributed by atoms with E-state index in [1.807, 2.05) is 0 Å². The lowest BCUT2D eigenvalue weighted by atomic mass is 10.0. The number of carbonyl (C=O) groups excluding carboxylic acids is 2. The molecule has 26 heavy (non-hydrogen) atoms. The maximum Gasteiger partial charge on any atom is 0.416 e. The van der Waals surface area contributed by atoms with Gasteiger partial charge in [0.1, 0.15) is 0 Å². The fourth-order valence-corrected chi connectivity index (χ4v) is 2.11. The molecule has 0 radical (unpaired) electrons. The van der Waals surface area contributed by atoms with Crippen molar-refractivity contribution in [3.63, 3.8) is 0 Å². The van der Waals surface area contributed by atoms with Crippen molar-refractivity contribution >= 4 is 23.5 Å². The van der Waals surface area contributed by atoms with Crippen molar-refractivity contribution in [1.29, 1.82) is 0 Å². The van der Waals surface area contributed by atoms with Crippen molar-refractivity contribution in [2.24, 2.45) is 0 Å². The maximum atomic E-state index is 12.7. The van der Waals surface area contributed by atoms with Crippen molar-refractivity contribution in [2.45, 2.75) is 13.1 Å². The normalized spacial score (nSPS) is 11.8. The zero-order valence-electron chi connectivity index (χ0n) is 13.9. The van der Waals surface area contributed by atoms with E-state index in [9.17, 15) is 22.8 Å². The van der Waals surface area contributed by atoms with Crippen molar-refractivity contribution in [3.05, 3.63) is 83.4 Å². The van der Waals surface area contributed by atoms with E-state index in [-0.39, 0.29) is 11.1 Å². The fourth-order valence-electron chi connectivity index (χ4n) is 2.11. The van der Waals surface area contributed by atoms with Crippen LogP contribution in [0.5, 0.6) is 0 Å². The Bertz CT molecular complexity index is 851. The minimum atomic E-state index is -4.43. The zero-order chi connectivity index (χ0) is 19.3. The fraction of sp³-hybridized carbons (Fsp3) is 0.100. The second-order valence-corrected chi connectivity index (χ2v) is 5.61. The van der Waals surface area contributed by atoms with Crippen LogP contribution in [0.2, 0.25) is 0 Å². The van der Waals surface area contributed by atoms with Crippen LogP contribution in [-0.4, -0.2) is 11.8 Å². The molecule has 0 unspecified atom stereocenters. The highest BCUT2D eigenvalue weighted by molar-refractivity contribution is 6.28. The number of hydrogen-bond donors (Lipinski definition) is 1. The van der Waals surface area contributed by atoms with Gasteiger partial charge in [-0.15, -0.1) is 0 Å². The molecule has 0 saturated heterocycles. The molecule has 134 valence electrons. The van der Waals surface area contributed by atoms with Gasteiger partial charge < -0.3 is 0 Å². The first-order valence-electron chi connectivity index (χ1n) is 7.64. The van der Waals surface area contributed by atoms with Crippen LogP contribution in [0.1, 0.15) is 23.6 Å². The summed E-state index contributed by atoms with van der Waals surface area (Å²) in [6, 6.07) is 12.9. The first-order valence-corrected chi connectivity index (χ1v) is 7.64. The Labute approximate surface area is 148 Å². The SMILES string of the molecule is C=C(C)C(=O)NC(=O)/C(=C/c1ccc(C(F)(F)F)cc1)c1ccccc1. The monoisotopic (exact) mass is 359 g/mol. The van der Waals surface area contributed by atoms with Gasteiger partial charge in [-0.25, -0.2) is 0 Å². The van der Waals surface area contributed by atoms with E-state index in [2.05, 4.69) is 11.9 Å². The summed E-state index contributed by atoms with van der Waals surface area (Å²) in [6.07, 6.45) is -3.01. The summed E-state index contributed by atoms with van der Waals surface area (Å²) in [5.41, 5.74) is 0.465. The van der Waals surface area contributed by atoms with E-state index >= 15 is 0 Å². The summed E-state index contributed by atoms with van der Waals surface area (Å²) in [5.74, 6) is -1.28. The molecule has 0 heterocycles. The third-order valence-corrected chi connectivity index (χ3v) is 3.49. The largest absolute Gasteiger partial charge is 0.416 e. The van der Waals surface area contributed by atoms with Crippen LogP contribution in [0.25, 0.3) is 11.6 Å². The summed E-state index contributed by atoms with van der Waals surface area (Å²) in [5, 5.41) is 2.21. The first kappa shape index (κ1) is 19.2. The Balaban J connectivity index is 2.40. The zero-order valence-corrected chi connectivity index (χ0v) is 13.9. The molecule has 0 fully saturated rings. The van der Waals surface area contributed by atoms with Gasteiger partial charge in [0.2, 0.25) is 0 Å². The quantitative estimate of drug-likeness (QED) is 0.647. The van der Waals surface area contributed by atoms with Gasteiger partial charge in [0.05, 0.1) is 5.56 Å². The Morgan fingerprint density at radius 3 is 2.04 bits per heavy atom. The number of amides is 2. The van der Waals surface area contributed by atoms with Gasteiger partial charge in [-0.3, -0.25) is 14.9 Å². The molecule has 0 bridgehead atoms. The number of carbonyl (C=O) groups is 2. The molecule has 2 aromatic carbocycles. The maximum absolute atomic E-state index is 12.7. The van der Waals surface area contributed by atoms with Gasteiger partial charge in [-0.1, -0.05) is 49.0 Å². The van der Waals surface area contributed by atoms with Gasteiger partial charge in [-0.05, 0) is 36.3 Å². The lowest BCUT2D eigenvalue weighted by Gasteiger charge is -2.10. The van der Waals surface area contributed by atoms with Crippen molar-refractivity contribution < 1.29 is 22.8 Å². The molecule has 0 spiro atoms. The van der Waals surface area contributed by atoms with E-state index < -0.39 is 23.6 Å². The van der Waals surface area contributed by atoms with E-state index in [4.69, 9.17) is 0 Å². The van der Waals surface area contributed by atoms with Crippen LogP contribution in [0.15, 0.2) is 66.7 Å². The molecule has 3 nitrogen and oxygen atoms in total. The molecule has 2 rings (SSSR count). The molecule has 0 aliphatic rings.